The Balaban J connectivity index is 1.42. The predicted octanol–water partition coefficient (Wildman–Crippen LogP) is 3.30. The van der Waals surface area contributed by atoms with E-state index in [0.29, 0.717) is 34.7 Å². The van der Waals surface area contributed by atoms with Crippen LogP contribution in [0, 0.1) is 0 Å². The molecule has 5 nitrogen and oxygen atoms in total. The lowest BCUT2D eigenvalue weighted by atomic mass is 9.95. The molecule has 0 aliphatic carbocycles. The van der Waals surface area contributed by atoms with Gasteiger partial charge in [-0.25, -0.2) is 0 Å². The van der Waals surface area contributed by atoms with Gasteiger partial charge in [-0.1, -0.05) is 12.1 Å². The van der Waals surface area contributed by atoms with Crippen molar-refractivity contribution in [2.75, 3.05) is 0 Å². The zero-order chi connectivity index (χ0) is 18.1. The van der Waals surface area contributed by atoms with Gasteiger partial charge >= 0.3 is 0 Å². The Labute approximate surface area is 152 Å². The summed E-state index contributed by atoms with van der Waals surface area (Å²) in [6.07, 6.45) is 3.36. The van der Waals surface area contributed by atoms with Crippen LogP contribution in [0.2, 0.25) is 0 Å². The molecule has 0 unspecified atom stereocenters. The Kier molecular flexibility index (Phi) is 4.47. The number of hydrogen-bond acceptors (Lipinski definition) is 4. The number of hydrogen-bond donors (Lipinski definition) is 2. The molecule has 2 aliphatic rings. The second-order valence-corrected chi connectivity index (χ2v) is 7.04. The van der Waals surface area contributed by atoms with Gasteiger partial charge in [0.25, 0.3) is 5.91 Å². The zero-order valence-corrected chi connectivity index (χ0v) is 14.7. The lowest BCUT2D eigenvalue weighted by molar-refractivity contribution is 0.0930. The third kappa shape index (κ3) is 3.35. The van der Waals surface area contributed by atoms with Crippen molar-refractivity contribution in [1.82, 2.24) is 10.6 Å². The van der Waals surface area contributed by atoms with Crippen LogP contribution in [0.1, 0.15) is 46.9 Å². The van der Waals surface area contributed by atoms with E-state index in [1.807, 2.05) is 12.1 Å². The molecule has 2 fully saturated rings. The molecule has 0 radical (unpaired) electrons. The van der Waals surface area contributed by atoms with Gasteiger partial charge in [-0.05, 0) is 62.6 Å². The molecular weight excluding hydrogens is 328 g/mol. The van der Waals surface area contributed by atoms with Crippen molar-refractivity contribution < 1.29 is 14.3 Å². The van der Waals surface area contributed by atoms with Crippen molar-refractivity contribution in [1.29, 1.82) is 0 Å². The van der Waals surface area contributed by atoms with E-state index in [1.165, 1.54) is 13.3 Å². The average molecular weight is 350 g/mol. The van der Waals surface area contributed by atoms with Crippen LogP contribution < -0.4 is 15.4 Å². The quantitative estimate of drug-likeness (QED) is 0.812. The van der Waals surface area contributed by atoms with Crippen molar-refractivity contribution in [2.45, 2.75) is 44.3 Å². The summed E-state index contributed by atoms with van der Waals surface area (Å²) >= 11 is 0. The van der Waals surface area contributed by atoms with Gasteiger partial charge in [0.05, 0.1) is 5.56 Å². The Morgan fingerprint density at radius 3 is 2.50 bits per heavy atom. The number of ketones is 1. The van der Waals surface area contributed by atoms with Gasteiger partial charge in [0.2, 0.25) is 0 Å². The normalized spacial score (nSPS) is 23.7. The van der Waals surface area contributed by atoms with Gasteiger partial charge in [-0.3, -0.25) is 9.59 Å². The third-order valence-electron chi connectivity index (χ3n) is 5.23. The molecule has 26 heavy (non-hydrogen) atoms. The highest BCUT2D eigenvalue weighted by molar-refractivity contribution is 5.97. The largest absolute Gasteiger partial charge is 0.457 e. The molecule has 2 aromatic rings. The lowest BCUT2D eigenvalue weighted by Gasteiger charge is -2.21. The van der Waals surface area contributed by atoms with Crippen molar-refractivity contribution >= 4 is 11.7 Å². The monoisotopic (exact) mass is 350 g/mol. The van der Waals surface area contributed by atoms with E-state index >= 15 is 0 Å². The second kappa shape index (κ2) is 6.92. The van der Waals surface area contributed by atoms with Crippen LogP contribution in [0.5, 0.6) is 11.5 Å². The van der Waals surface area contributed by atoms with Crippen LogP contribution in [0.4, 0.5) is 0 Å². The smallest absolute Gasteiger partial charge is 0.251 e. The van der Waals surface area contributed by atoms with Crippen LogP contribution in [-0.4, -0.2) is 29.8 Å². The van der Waals surface area contributed by atoms with E-state index in [9.17, 15) is 9.59 Å². The number of fused-ring (bicyclic) bond motifs is 2. The summed E-state index contributed by atoms with van der Waals surface area (Å²) in [5.41, 5.74) is 1.15. The molecule has 0 aromatic heterocycles. The van der Waals surface area contributed by atoms with Crippen LogP contribution in [0.15, 0.2) is 48.5 Å². The molecule has 2 heterocycles. The van der Waals surface area contributed by atoms with Crippen molar-refractivity contribution in [2.24, 2.45) is 0 Å². The molecule has 0 saturated carbocycles. The number of carbonyl (C=O) groups excluding carboxylic acids is 2. The lowest BCUT2D eigenvalue weighted by Crippen LogP contribution is -2.42. The van der Waals surface area contributed by atoms with Crippen LogP contribution in [0.25, 0.3) is 0 Å². The molecule has 3 atom stereocenters. The second-order valence-electron chi connectivity index (χ2n) is 7.04. The fourth-order valence-electron chi connectivity index (χ4n) is 3.88. The maximum absolute atomic E-state index is 12.5. The summed E-state index contributed by atoms with van der Waals surface area (Å²) in [6, 6.07) is 15.3. The number of ether oxygens (including phenoxy) is 1. The third-order valence-corrected chi connectivity index (χ3v) is 5.23. The van der Waals surface area contributed by atoms with E-state index < -0.39 is 0 Å². The standard InChI is InChI=1S/C21H22N2O3/c1-13(24)17-4-2-3-5-20(17)26-16-9-6-14(7-10-16)21(25)23-19-12-15-8-11-18(19)22-15/h2-7,9-10,15,18-19,22H,8,11-12H2,1H3,(H,23,25)/t15-,18+,19-/m1/s1. The highest BCUT2D eigenvalue weighted by Crippen LogP contribution is 2.29. The summed E-state index contributed by atoms with van der Waals surface area (Å²) in [4.78, 5) is 24.1. The van der Waals surface area contributed by atoms with Gasteiger partial charge in [0, 0.05) is 23.7 Å². The van der Waals surface area contributed by atoms with E-state index in [-0.39, 0.29) is 17.7 Å². The number of amides is 1. The first kappa shape index (κ1) is 16.8. The van der Waals surface area contributed by atoms with Crippen molar-refractivity contribution in [3.05, 3.63) is 59.7 Å². The average Bonchev–Trinajstić information content (AvgIpc) is 3.25. The number of para-hydroxylation sites is 1. The van der Waals surface area contributed by atoms with Gasteiger partial charge in [0.15, 0.2) is 5.78 Å². The molecule has 4 rings (SSSR count). The number of Topliss-reactive ketones (excluding diaryl/α,β-unsaturated/α-hetero) is 1. The number of rotatable bonds is 5. The van der Waals surface area contributed by atoms with Gasteiger partial charge in [0.1, 0.15) is 11.5 Å². The molecular formula is C21H22N2O3. The van der Waals surface area contributed by atoms with Gasteiger partial charge < -0.3 is 15.4 Å². The topological polar surface area (TPSA) is 67.4 Å². The van der Waals surface area contributed by atoms with E-state index in [1.54, 1.807) is 36.4 Å². The van der Waals surface area contributed by atoms with Gasteiger partial charge in [-0.2, -0.15) is 0 Å². The molecule has 5 heteroatoms. The minimum atomic E-state index is -0.0555. The van der Waals surface area contributed by atoms with Crippen molar-refractivity contribution in [3.63, 3.8) is 0 Å². The summed E-state index contributed by atoms with van der Waals surface area (Å²) in [5, 5.41) is 6.66. The molecule has 2 saturated heterocycles. The minimum Gasteiger partial charge on any atom is -0.457 e. The predicted molar refractivity (Wildman–Crippen MR) is 98.8 cm³/mol. The van der Waals surface area contributed by atoms with E-state index in [4.69, 9.17) is 4.74 Å². The van der Waals surface area contributed by atoms with Crippen LogP contribution in [-0.2, 0) is 0 Å². The number of nitrogens with one attached hydrogen (secondary N) is 2. The number of benzene rings is 2. The summed E-state index contributed by atoms with van der Waals surface area (Å²) < 4.78 is 5.82. The summed E-state index contributed by atoms with van der Waals surface area (Å²) in [6.45, 7) is 1.51. The van der Waals surface area contributed by atoms with E-state index in [2.05, 4.69) is 10.6 Å². The Morgan fingerprint density at radius 1 is 1.08 bits per heavy atom. The first-order valence-corrected chi connectivity index (χ1v) is 9.05. The fourth-order valence-corrected chi connectivity index (χ4v) is 3.88. The summed E-state index contributed by atoms with van der Waals surface area (Å²) in [7, 11) is 0. The Hall–Kier alpha value is -2.66. The Morgan fingerprint density at radius 2 is 1.85 bits per heavy atom. The molecule has 2 N–H and O–H groups in total. The highest BCUT2D eigenvalue weighted by Gasteiger charge is 2.39. The maximum atomic E-state index is 12.5. The zero-order valence-electron chi connectivity index (χ0n) is 14.7. The Bertz CT molecular complexity index is 831. The maximum Gasteiger partial charge on any atom is 0.251 e. The molecule has 0 spiro atoms. The van der Waals surface area contributed by atoms with E-state index in [0.717, 1.165) is 12.8 Å². The molecule has 2 aliphatic heterocycles. The van der Waals surface area contributed by atoms with Crippen LogP contribution >= 0.6 is 0 Å². The SMILES string of the molecule is CC(=O)c1ccccc1Oc1ccc(C(=O)N[C@@H]2C[C@H]3CC[C@@H]2N3)cc1. The molecule has 2 bridgehead atoms. The summed E-state index contributed by atoms with van der Waals surface area (Å²) in [5.74, 6) is 1.01. The van der Waals surface area contributed by atoms with Crippen LogP contribution in [0.3, 0.4) is 0 Å². The fraction of sp³-hybridized carbons (Fsp3) is 0.333. The first-order chi connectivity index (χ1) is 12.6. The van der Waals surface area contributed by atoms with Gasteiger partial charge in [-0.15, -0.1) is 0 Å². The first-order valence-electron chi connectivity index (χ1n) is 9.05. The molecule has 134 valence electrons. The van der Waals surface area contributed by atoms with Crippen molar-refractivity contribution in [3.8, 4) is 11.5 Å². The highest BCUT2D eigenvalue weighted by atomic mass is 16.5. The molecule has 2 aromatic carbocycles. The number of carbonyl (C=O) groups is 2. The minimum absolute atomic E-state index is 0.0453. The molecule has 1 amide bonds.